The van der Waals surface area contributed by atoms with Crippen molar-refractivity contribution in [1.29, 1.82) is 0 Å². The van der Waals surface area contributed by atoms with Gasteiger partial charge in [0.1, 0.15) is 0 Å². The van der Waals surface area contributed by atoms with Crippen LogP contribution in [0.1, 0.15) is 17.2 Å². The molecule has 1 aliphatic rings. The van der Waals surface area contributed by atoms with Crippen LogP contribution in [0, 0.1) is 5.92 Å². The SMILES string of the molecule is Clc1cncc(OCC2CN(C(c3ccccc3)c3ccccc3)C2)n1. The molecule has 0 atom stereocenters. The van der Waals surface area contributed by atoms with E-state index < -0.39 is 0 Å². The predicted octanol–water partition coefficient (Wildman–Crippen LogP) is 4.23. The van der Waals surface area contributed by atoms with Gasteiger partial charge in [-0.25, -0.2) is 0 Å². The fourth-order valence-electron chi connectivity index (χ4n) is 3.41. The van der Waals surface area contributed by atoms with E-state index >= 15 is 0 Å². The molecule has 2 aromatic carbocycles. The number of benzene rings is 2. The van der Waals surface area contributed by atoms with Gasteiger partial charge in [0.05, 0.1) is 25.0 Å². The van der Waals surface area contributed by atoms with Crippen LogP contribution >= 0.6 is 11.6 Å². The van der Waals surface area contributed by atoms with Crippen LogP contribution in [0.15, 0.2) is 73.1 Å². The Hall–Kier alpha value is -2.43. The van der Waals surface area contributed by atoms with Crippen molar-refractivity contribution in [2.75, 3.05) is 19.7 Å². The van der Waals surface area contributed by atoms with Crippen molar-refractivity contribution < 1.29 is 4.74 Å². The standard InChI is InChI=1S/C21H20ClN3O/c22-19-11-23-12-20(24-19)26-15-16-13-25(14-16)21(17-7-3-1-4-8-17)18-9-5-2-6-10-18/h1-12,16,21H,13-15H2. The summed E-state index contributed by atoms with van der Waals surface area (Å²) < 4.78 is 5.75. The van der Waals surface area contributed by atoms with Gasteiger partial charge >= 0.3 is 0 Å². The second-order valence-corrected chi connectivity index (χ2v) is 6.92. The first-order valence-electron chi connectivity index (χ1n) is 8.74. The zero-order valence-corrected chi connectivity index (χ0v) is 15.1. The van der Waals surface area contributed by atoms with Crippen molar-refractivity contribution in [2.45, 2.75) is 6.04 Å². The molecule has 1 aromatic heterocycles. The minimum Gasteiger partial charge on any atom is -0.476 e. The molecule has 3 aromatic rings. The normalized spacial score (nSPS) is 15.0. The molecule has 0 spiro atoms. The first-order chi connectivity index (χ1) is 12.8. The number of rotatable bonds is 6. The van der Waals surface area contributed by atoms with E-state index in [2.05, 4.69) is 75.5 Å². The third-order valence-corrected chi connectivity index (χ3v) is 4.81. The first-order valence-corrected chi connectivity index (χ1v) is 9.11. The Balaban J connectivity index is 1.41. The molecule has 0 bridgehead atoms. The zero-order valence-electron chi connectivity index (χ0n) is 14.3. The minimum absolute atomic E-state index is 0.277. The lowest BCUT2D eigenvalue weighted by atomic mass is 9.90. The number of aromatic nitrogens is 2. The Labute approximate surface area is 158 Å². The molecule has 0 N–H and O–H groups in total. The molecule has 26 heavy (non-hydrogen) atoms. The first kappa shape index (κ1) is 17.0. The van der Waals surface area contributed by atoms with Crippen LogP contribution in [0.4, 0.5) is 0 Å². The van der Waals surface area contributed by atoms with E-state index in [0.717, 1.165) is 13.1 Å². The predicted molar refractivity (Wildman–Crippen MR) is 102 cm³/mol. The van der Waals surface area contributed by atoms with Crippen LogP contribution in [0.2, 0.25) is 5.15 Å². The van der Waals surface area contributed by atoms with Crippen LogP contribution in [0.5, 0.6) is 5.88 Å². The van der Waals surface area contributed by atoms with E-state index in [-0.39, 0.29) is 6.04 Å². The van der Waals surface area contributed by atoms with Crippen LogP contribution < -0.4 is 4.74 Å². The third kappa shape index (κ3) is 3.87. The Morgan fingerprint density at radius 1 is 0.962 bits per heavy atom. The van der Waals surface area contributed by atoms with E-state index in [1.165, 1.54) is 17.3 Å². The van der Waals surface area contributed by atoms with Gasteiger partial charge in [-0.05, 0) is 11.1 Å². The summed E-state index contributed by atoms with van der Waals surface area (Å²) in [6.45, 7) is 2.60. The van der Waals surface area contributed by atoms with Crippen molar-refractivity contribution in [3.05, 3.63) is 89.3 Å². The lowest BCUT2D eigenvalue weighted by Crippen LogP contribution is -2.50. The van der Waals surface area contributed by atoms with Crippen molar-refractivity contribution in [1.82, 2.24) is 14.9 Å². The fraction of sp³-hybridized carbons (Fsp3) is 0.238. The summed E-state index contributed by atoms with van der Waals surface area (Å²) in [6, 6.07) is 21.6. The number of hydrogen-bond donors (Lipinski definition) is 0. The quantitative estimate of drug-likeness (QED) is 0.655. The Bertz CT molecular complexity index is 799. The number of nitrogens with zero attached hydrogens (tertiary/aromatic N) is 3. The molecular weight excluding hydrogens is 346 g/mol. The zero-order chi connectivity index (χ0) is 17.8. The fourth-order valence-corrected chi connectivity index (χ4v) is 3.55. The van der Waals surface area contributed by atoms with Crippen LogP contribution in [0.25, 0.3) is 0 Å². The molecule has 0 unspecified atom stereocenters. The summed E-state index contributed by atoms with van der Waals surface area (Å²) in [4.78, 5) is 10.6. The molecule has 1 aliphatic heterocycles. The van der Waals surface area contributed by atoms with Gasteiger partial charge in [0.25, 0.3) is 0 Å². The van der Waals surface area contributed by atoms with Crippen molar-refractivity contribution >= 4 is 11.6 Å². The van der Waals surface area contributed by atoms with Gasteiger partial charge in [-0.2, -0.15) is 4.98 Å². The van der Waals surface area contributed by atoms with Gasteiger partial charge in [0, 0.05) is 19.0 Å². The number of halogens is 1. The Morgan fingerprint density at radius 2 is 1.58 bits per heavy atom. The smallest absolute Gasteiger partial charge is 0.233 e. The lowest BCUT2D eigenvalue weighted by Gasteiger charge is -2.44. The summed E-state index contributed by atoms with van der Waals surface area (Å²) in [7, 11) is 0. The van der Waals surface area contributed by atoms with Crippen LogP contribution in [-0.4, -0.2) is 34.6 Å². The summed E-state index contributed by atoms with van der Waals surface area (Å²) in [5.74, 6) is 0.962. The summed E-state index contributed by atoms with van der Waals surface area (Å²) in [6.07, 6.45) is 3.10. The molecule has 1 saturated heterocycles. The molecule has 5 heteroatoms. The monoisotopic (exact) mass is 365 g/mol. The lowest BCUT2D eigenvalue weighted by molar-refractivity contribution is 0.0366. The van der Waals surface area contributed by atoms with Gasteiger partial charge in [-0.15, -0.1) is 0 Å². The maximum atomic E-state index is 5.85. The third-order valence-electron chi connectivity index (χ3n) is 4.63. The molecule has 0 aliphatic carbocycles. The second kappa shape index (κ2) is 7.85. The van der Waals surface area contributed by atoms with Crippen LogP contribution in [0.3, 0.4) is 0 Å². The molecule has 0 amide bonds. The molecule has 4 rings (SSSR count). The largest absolute Gasteiger partial charge is 0.476 e. The number of likely N-dealkylation sites (tertiary alicyclic amines) is 1. The summed E-state index contributed by atoms with van der Waals surface area (Å²) in [5, 5.41) is 0.353. The van der Waals surface area contributed by atoms with E-state index in [4.69, 9.17) is 16.3 Å². The van der Waals surface area contributed by atoms with E-state index in [0.29, 0.717) is 23.6 Å². The van der Waals surface area contributed by atoms with E-state index in [9.17, 15) is 0 Å². The summed E-state index contributed by atoms with van der Waals surface area (Å²) in [5.41, 5.74) is 2.64. The Kier molecular flexibility index (Phi) is 5.14. The van der Waals surface area contributed by atoms with Gasteiger partial charge in [-0.1, -0.05) is 72.3 Å². The van der Waals surface area contributed by atoms with E-state index in [1.54, 1.807) is 6.20 Å². The Morgan fingerprint density at radius 3 is 2.15 bits per heavy atom. The van der Waals surface area contributed by atoms with E-state index in [1.807, 2.05) is 0 Å². The van der Waals surface area contributed by atoms with Gasteiger partial charge in [0.2, 0.25) is 5.88 Å². The highest BCUT2D eigenvalue weighted by molar-refractivity contribution is 6.29. The maximum absolute atomic E-state index is 5.85. The number of ether oxygens (including phenoxy) is 1. The average Bonchev–Trinajstić information content (AvgIpc) is 2.65. The van der Waals surface area contributed by atoms with Crippen LogP contribution in [-0.2, 0) is 0 Å². The topological polar surface area (TPSA) is 38.2 Å². The molecule has 0 radical (unpaired) electrons. The average molecular weight is 366 g/mol. The van der Waals surface area contributed by atoms with Gasteiger partial charge < -0.3 is 4.74 Å². The molecule has 2 heterocycles. The molecule has 0 saturated carbocycles. The maximum Gasteiger partial charge on any atom is 0.233 e. The van der Waals surface area contributed by atoms with Crippen molar-refractivity contribution in [3.63, 3.8) is 0 Å². The van der Waals surface area contributed by atoms with Crippen molar-refractivity contribution in [2.24, 2.45) is 5.92 Å². The van der Waals surface area contributed by atoms with Gasteiger partial charge in [0.15, 0.2) is 5.15 Å². The highest BCUT2D eigenvalue weighted by Crippen LogP contribution is 2.34. The highest BCUT2D eigenvalue weighted by Gasteiger charge is 2.34. The summed E-state index contributed by atoms with van der Waals surface area (Å²) >= 11 is 5.85. The van der Waals surface area contributed by atoms with Gasteiger partial charge in [-0.3, -0.25) is 9.88 Å². The van der Waals surface area contributed by atoms with Crippen molar-refractivity contribution in [3.8, 4) is 5.88 Å². The molecular formula is C21H20ClN3O. The minimum atomic E-state index is 0.277. The molecule has 132 valence electrons. The molecule has 1 fully saturated rings. The second-order valence-electron chi connectivity index (χ2n) is 6.53. The molecule has 4 nitrogen and oxygen atoms in total. The highest BCUT2D eigenvalue weighted by atomic mass is 35.5. The number of hydrogen-bond acceptors (Lipinski definition) is 4.